The third-order valence-electron chi connectivity index (χ3n) is 2.25. The molecule has 0 unspecified atom stereocenters. The van der Waals surface area contributed by atoms with E-state index in [1.807, 2.05) is 6.07 Å². The van der Waals surface area contributed by atoms with Gasteiger partial charge in [-0.3, -0.25) is 0 Å². The number of hydrogen-bond acceptors (Lipinski definition) is 3. The summed E-state index contributed by atoms with van der Waals surface area (Å²) >= 11 is 0. The lowest BCUT2D eigenvalue weighted by atomic mass is 10.2. The number of ether oxygens (including phenoxy) is 1. The standard InChI is InChI=1S/C13H7F3N2O/c14-13(15,16)10-2-1-3-11(7-10)19-12-6-9(8-17)4-5-18-12/h1-7H. The van der Waals surface area contributed by atoms with Gasteiger partial charge in [0.2, 0.25) is 5.88 Å². The minimum atomic E-state index is -4.43. The number of alkyl halides is 3. The Hall–Kier alpha value is -2.55. The van der Waals surface area contributed by atoms with Gasteiger partial charge in [0, 0.05) is 12.3 Å². The van der Waals surface area contributed by atoms with Crippen LogP contribution < -0.4 is 4.74 Å². The Morgan fingerprint density at radius 1 is 1.16 bits per heavy atom. The molecule has 0 amide bonds. The topological polar surface area (TPSA) is 45.9 Å². The van der Waals surface area contributed by atoms with Gasteiger partial charge < -0.3 is 4.74 Å². The van der Waals surface area contributed by atoms with Crippen LogP contribution in [-0.4, -0.2) is 4.98 Å². The molecule has 0 aliphatic heterocycles. The maximum absolute atomic E-state index is 12.5. The first-order chi connectivity index (χ1) is 8.99. The van der Waals surface area contributed by atoms with Crippen LogP contribution in [0.1, 0.15) is 11.1 Å². The number of nitriles is 1. The molecule has 0 atom stereocenters. The molecule has 0 bridgehead atoms. The highest BCUT2D eigenvalue weighted by atomic mass is 19.4. The summed E-state index contributed by atoms with van der Waals surface area (Å²) in [5, 5.41) is 8.70. The van der Waals surface area contributed by atoms with Gasteiger partial charge in [-0.25, -0.2) is 4.98 Å². The third kappa shape index (κ3) is 3.22. The predicted molar refractivity (Wildman–Crippen MR) is 60.5 cm³/mol. The highest BCUT2D eigenvalue weighted by molar-refractivity contribution is 5.36. The van der Waals surface area contributed by atoms with E-state index in [9.17, 15) is 13.2 Å². The van der Waals surface area contributed by atoms with E-state index in [1.165, 1.54) is 30.5 Å². The summed E-state index contributed by atoms with van der Waals surface area (Å²) in [5.41, 5.74) is -0.488. The van der Waals surface area contributed by atoms with Crippen molar-refractivity contribution >= 4 is 0 Å². The second-order valence-corrected chi connectivity index (χ2v) is 3.62. The van der Waals surface area contributed by atoms with E-state index in [4.69, 9.17) is 10.00 Å². The Bertz CT molecular complexity index is 632. The molecule has 1 aromatic carbocycles. The van der Waals surface area contributed by atoms with Crippen LogP contribution >= 0.6 is 0 Å². The van der Waals surface area contributed by atoms with E-state index < -0.39 is 11.7 Å². The lowest BCUT2D eigenvalue weighted by molar-refractivity contribution is -0.137. The molecule has 2 rings (SSSR count). The van der Waals surface area contributed by atoms with E-state index in [0.717, 1.165) is 12.1 Å². The Labute approximate surface area is 106 Å². The number of hydrogen-bond donors (Lipinski definition) is 0. The van der Waals surface area contributed by atoms with Crippen LogP contribution in [0.2, 0.25) is 0 Å². The highest BCUT2D eigenvalue weighted by Gasteiger charge is 2.30. The summed E-state index contributed by atoms with van der Waals surface area (Å²) in [6.45, 7) is 0. The molecule has 0 saturated carbocycles. The first kappa shape index (κ1) is 12.9. The molecule has 0 N–H and O–H groups in total. The summed E-state index contributed by atoms with van der Waals surface area (Å²) in [6, 6.07) is 9.16. The summed E-state index contributed by atoms with van der Waals surface area (Å²) in [4.78, 5) is 3.82. The molecule has 96 valence electrons. The van der Waals surface area contributed by atoms with Gasteiger partial charge in [0.25, 0.3) is 0 Å². The number of aromatic nitrogens is 1. The molecule has 6 heteroatoms. The number of nitrogens with zero attached hydrogens (tertiary/aromatic N) is 2. The molecule has 0 saturated heterocycles. The van der Waals surface area contributed by atoms with Crippen molar-refractivity contribution in [1.29, 1.82) is 5.26 Å². The van der Waals surface area contributed by atoms with Crippen LogP contribution in [0.3, 0.4) is 0 Å². The SMILES string of the molecule is N#Cc1ccnc(Oc2cccc(C(F)(F)F)c2)c1. The first-order valence-corrected chi connectivity index (χ1v) is 5.20. The Morgan fingerprint density at radius 3 is 2.63 bits per heavy atom. The molecule has 0 radical (unpaired) electrons. The van der Waals surface area contributed by atoms with Gasteiger partial charge in [0.15, 0.2) is 0 Å². The van der Waals surface area contributed by atoms with Crippen molar-refractivity contribution in [3.05, 3.63) is 53.7 Å². The Morgan fingerprint density at radius 2 is 1.95 bits per heavy atom. The average Bonchev–Trinajstić information content (AvgIpc) is 2.38. The highest BCUT2D eigenvalue weighted by Crippen LogP contribution is 2.32. The van der Waals surface area contributed by atoms with E-state index in [-0.39, 0.29) is 11.6 Å². The molecule has 1 aromatic heterocycles. The number of benzene rings is 1. The van der Waals surface area contributed by atoms with Gasteiger partial charge in [-0.05, 0) is 24.3 Å². The Balaban J connectivity index is 2.26. The summed E-state index contributed by atoms with van der Waals surface area (Å²) < 4.78 is 42.7. The fourth-order valence-corrected chi connectivity index (χ4v) is 1.39. The van der Waals surface area contributed by atoms with Gasteiger partial charge >= 0.3 is 6.18 Å². The number of pyridine rings is 1. The lowest BCUT2D eigenvalue weighted by Crippen LogP contribution is -2.04. The van der Waals surface area contributed by atoms with Crippen molar-refractivity contribution in [3.8, 4) is 17.7 Å². The van der Waals surface area contributed by atoms with E-state index >= 15 is 0 Å². The average molecular weight is 264 g/mol. The zero-order valence-electron chi connectivity index (χ0n) is 9.48. The minimum Gasteiger partial charge on any atom is -0.439 e. The lowest BCUT2D eigenvalue weighted by Gasteiger charge is -2.09. The molecular formula is C13H7F3N2O. The quantitative estimate of drug-likeness (QED) is 0.829. The van der Waals surface area contributed by atoms with Gasteiger partial charge in [0.1, 0.15) is 5.75 Å². The maximum Gasteiger partial charge on any atom is 0.416 e. The molecule has 0 aliphatic carbocycles. The zero-order chi connectivity index (χ0) is 13.9. The molecule has 1 heterocycles. The van der Waals surface area contributed by atoms with E-state index in [0.29, 0.717) is 5.56 Å². The van der Waals surface area contributed by atoms with Crippen molar-refractivity contribution in [2.24, 2.45) is 0 Å². The van der Waals surface area contributed by atoms with E-state index in [2.05, 4.69) is 4.98 Å². The van der Waals surface area contributed by atoms with Gasteiger partial charge in [-0.15, -0.1) is 0 Å². The summed E-state index contributed by atoms with van der Waals surface area (Å²) in [6.07, 6.45) is -3.08. The van der Waals surface area contributed by atoms with Crippen LogP contribution in [0.5, 0.6) is 11.6 Å². The Kier molecular flexibility index (Phi) is 3.38. The summed E-state index contributed by atoms with van der Waals surface area (Å²) in [5.74, 6) is 0.0794. The number of halogens is 3. The van der Waals surface area contributed by atoms with Crippen LogP contribution in [0.4, 0.5) is 13.2 Å². The van der Waals surface area contributed by atoms with Crippen molar-refractivity contribution in [2.75, 3.05) is 0 Å². The monoisotopic (exact) mass is 264 g/mol. The fraction of sp³-hybridized carbons (Fsp3) is 0.0769. The van der Waals surface area contributed by atoms with Crippen LogP contribution in [0.25, 0.3) is 0 Å². The normalized spacial score (nSPS) is 10.8. The van der Waals surface area contributed by atoms with Crippen LogP contribution in [0.15, 0.2) is 42.6 Å². The van der Waals surface area contributed by atoms with Gasteiger partial charge in [0.05, 0.1) is 17.2 Å². The largest absolute Gasteiger partial charge is 0.439 e. The van der Waals surface area contributed by atoms with Gasteiger partial charge in [-0.2, -0.15) is 18.4 Å². The van der Waals surface area contributed by atoms with Crippen LogP contribution in [-0.2, 0) is 6.18 Å². The second-order valence-electron chi connectivity index (χ2n) is 3.62. The molecule has 0 aliphatic rings. The molecule has 0 spiro atoms. The third-order valence-corrected chi connectivity index (χ3v) is 2.25. The number of rotatable bonds is 2. The molecule has 19 heavy (non-hydrogen) atoms. The fourth-order valence-electron chi connectivity index (χ4n) is 1.39. The predicted octanol–water partition coefficient (Wildman–Crippen LogP) is 3.76. The van der Waals surface area contributed by atoms with Gasteiger partial charge in [-0.1, -0.05) is 6.07 Å². The minimum absolute atomic E-state index is 0.0115. The first-order valence-electron chi connectivity index (χ1n) is 5.20. The van der Waals surface area contributed by atoms with Crippen LogP contribution in [0, 0.1) is 11.3 Å². The zero-order valence-corrected chi connectivity index (χ0v) is 9.48. The molecule has 3 nitrogen and oxygen atoms in total. The van der Waals surface area contributed by atoms with E-state index in [1.54, 1.807) is 0 Å². The molecule has 0 fully saturated rings. The van der Waals surface area contributed by atoms with Crippen molar-refractivity contribution in [1.82, 2.24) is 4.98 Å². The van der Waals surface area contributed by atoms with Crippen molar-refractivity contribution < 1.29 is 17.9 Å². The summed E-state index contributed by atoms with van der Waals surface area (Å²) in [7, 11) is 0. The van der Waals surface area contributed by atoms with Crippen molar-refractivity contribution in [3.63, 3.8) is 0 Å². The smallest absolute Gasteiger partial charge is 0.416 e. The molecular weight excluding hydrogens is 257 g/mol. The second kappa shape index (κ2) is 4.98. The molecule has 2 aromatic rings. The maximum atomic E-state index is 12.5. The van der Waals surface area contributed by atoms with Crippen molar-refractivity contribution in [2.45, 2.75) is 6.18 Å².